The molecule has 4 nitrogen and oxygen atoms in total. The van der Waals surface area contributed by atoms with Gasteiger partial charge in [-0.3, -0.25) is 0 Å². The number of nitrogens with one attached hydrogen (secondary N) is 1. The maximum Gasteiger partial charge on any atom is 0.337 e. The van der Waals surface area contributed by atoms with Crippen molar-refractivity contribution in [2.45, 2.75) is 45.6 Å². The topological polar surface area (TPSA) is 75.3 Å². The fourth-order valence-electron chi connectivity index (χ4n) is 2.88. The van der Waals surface area contributed by atoms with Crippen LogP contribution >= 0.6 is 11.6 Å². The number of hydrogen-bond donors (Lipinski definition) is 3. The van der Waals surface area contributed by atoms with Crippen LogP contribution in [0.3, 0.4) is 0 Å². The molecular formula is C15H21ClN2O2. The van der Waals surface area contributed by atoms with Gasteiger partial charge in [-0.1, -0.05) is 38.3 Å². The number of carboxylic acids is 1. The summed E-state index contributed by atoms with van der Waals surface area (Å²) >= 11 is 6.19. The minimum atomic E-state index is -1.02. The van der Waals surface area contributed by atoms with Crippen molar-refractivity contribution in [2.24, 2.45) is 5.41 Å². The molecule has 1 saturated carbocycles. The predicted molar refractivity (Wildman–Crippen MR) is 82.5 cm³/mol. The minimum absolute atomic E-state index is 0.124. The lowest BCUT2D eigenvalue weighted by Crippen LogP contribution is -2.39. The highest BCUT2D eigenvalue weighted by atomic mass is 35.5. The number of carboxylic acid groups (broad SMARTS) is 1. The molecule has 1 aromatic carbocycles. The second-order valence-electron chi connectivity index (χ2n) is 6.16. The lowest BCUT2D eigenvalue weighted by molar-refractivity contribution is 0.0697. The van der Waals surface area contributed by atoms with Gasteiger partial charge < -0.3 is 16.2 Å². The van der Waals surface area contributed by atoms with Crippen molar-refractivity contribution < 1.29 is 9.90 Å². The average molecular weight is 297 g/mol. The van der Waals surface area contributed by atoms with E-state index in [1.807, 2.05) is 0 Å². The number of rotatable bonds is 3. The predicted octanol–water partition coefficient (Wildman–Crippen LogP) is 4.00. The Hall–Kier alpha value is -1.42. The largest absolute Gasteiger partial charge is 0.478 e. The molecule has 1 fully saturated rings. The third-order valence-electron chi connectivity index (χ3n) is 4.17. The van der Waals surface area contributed by atoms with E-state index < -0.39 is 5.97 Å². The first-order valence-corrected chi connectivity index (χ1v) is 7.28. The van der Waals surface area contributed by atoms with Crippen LogP contribution in [0, 0.1) is 5.41 Å². The summed E-state index contributed by atoms with van der Waals surface area (Å²) in [6.45, 7) is 4.41. The second kappa shape index (κ2) is 5.52. The highest BCUT2D eigenvalue weighted by molar-refractivity contribution is 6.34. The quantitative estimate of drug-likeness (QED) is 0.737. The van der Waals surface area contributed by atoms with Gasteiger partial charge in [0.25, 0.3) is 0 Å². The zero-order chi connectivity index (χ0) is 14.9. The van der Waals surface area contributed by atoms with Crippen LogP contribution in [0.2, 0.25) is 5.02 Å². The maximum atomic E-state index is 11.4. The van der Waals surface area contributed by atoms with Crippen molar-refractivity contribution in [1.82, 2.24) is 0 Å². The van der Waals surface area contributed by atoms with Crippen LogP contribution in [0.5, 0.6) is 0 Å². The molecule has 0 aliphatic heterocycles. The van der Waals surface area contributed by atoms with Gasteiger partial charge >= 0.3 is 5.97 Å². The fraction of sp³-hybridized carbons (Fsp3) is 0.533. The van der Waals surface area contributed by atoms with Gasteiger partial charge in [0.2, 0.25) is 0 Å². The van der Waals surface area contributed by atoms with Gasteiger partial charge in [0.05, 0.1) is 16.3 Å². The van der Waals surface area contributed by atoms with E-state index >= 15 is 0 Å². The number of nitrogen functional groups attached to an aromatic ring is 1. The van der Waals surface area contributed by atoms with Crippen molar-refractivity contribution in [1.29, 1.82) is 0 Å². The van der Waals surface area contributed by atoms with Crippen LogP contribution in [0.4, 0.5) is 11.4 Å². The van der Waals surface area contributed by atoms with Gasteiger partial charge in [0.1, 0.15) is 0 Å². The number of hydrogen-bond acceptors (Lipinski definition) is 3. The van der Waals surface area contributed by atoms with Crippen LogP contribution < -0.4 is 11.1 Å². The molecule has 1 atom stereocenters. The first kappa shape index (κ1) is 15.0. The molecule has 0 amide bonds. The zero-order valence-electron chi connectivity index (χ0n) is 11.9. The number of aromatic carboxylic acids is 1. The summed E-state index contributed by atoms with van der Waals surface area (Å²) in [6, 6.07) is 3.26. The Balaban J connectivity index is 2.35. The normalized spacial score (nSPS) is 21.4. The van der Waals surface area contributed by atoms with E-state index in [4.69, 9.17) is 17.3 Å². The average Bonchev–Trinajstić information content (AvgIpc) is 2.33. The van der Waals surface area contributed by atoms with Gasteiger partial charge in [-0.2, -0.15) is 0 Å². The van der Waals surface area contributed by atoms with E-state index in [-0.39, 0.29) is 17.0 Å². The fourth-order valence-corrected chi connectivity index (χ4v) is 3.16. The van der Waals surface area contributed by atoms with Crippen molar-refractivity contribution in [3.05, 3.63) is 22.7 Å². The Morgan fingerprint density at radius 2 is 2.15 bits per heavy atom. The monoisotopic (exact) mass is 296 g/mol. The van der Waals surface area contributed by atoms with Crippen molar-refractivity contribution in [2.75, 3.05) is 11.1 Å². The summed E-state index contributed by atoms with van der Waals surface area (Å²) in [5.41, 5.74) is 6.78. The minimum Gasteiger partial charge on any atom is -0.478 e. The van der Waals surface area contributed by atoms with Gasteiger partial charge in [-0.25, -0.2) is 4.79 Å². The molecule has 0 saturated heterocycles. The maximum absolute atomic E-state index is 11.4. The molecule has 4 N–H and O–H groups in total. The van der Waals surface area contributed by atoms with E-state index in [0.717, 1.165) is 19.3 Å². The van der Waals surface area contributed by atoms with E-state index in [9.17, 15) is 9.90 Å². The molecule has 1 aliphatic rings. The molecule has 0 aromatic heterocycles. The molecule has 0 spiro atoms. The molecule has 0 bridgehead atoms. The highest BCUT2D eigenvalue weighted by Crippen LogP contribution is 2.39. The van der Waals surface area contributed by atoms with Crippen LogP contribution in [-0.4, -0.2) is 17.1 Å². The Kier molecular flexibility index (Phi) is 4.14. The molecule has 20 heavy (non-hydrogen) atoms. The van der Waals surface area contributed by atoms with Crippen LogP contribution in [-0.2, 0) is 0 Å². The Labute approximate surface area is 124 Å². The Bertz CT molecular complexity index is 529. The van der Waals surface area contributed by atoms with Crippen LogP contribution in [0.1, 0.15) is 49.9 Å². The van der Waals surface area contributed by atoms with E-state index in [1.165, 1.54) is 12.5 Å². The smallest absolute Gasteiger partial charge is 0.337 e. The third kappa shape index (κ3) is 3.01. The SMILES string of the molecule is CC1(C)CCCCC1Nc1c(Cl)cc(N)cc1C(=O)O. The number of halogens is 1. The summed E-state index contributed by atoms with van der Waals surface area (Å²) in [6.07, 6.45) is 4.51. The Morgan fingerprint density at radius 3 is 2.75 bits per heavy atom. The van der Waals surface area contributed by atoms with E-state index in [0.29, 0.717) is 16.4 Å². The van der Waals surface area contributed by atoms with E-state index in [2.05, 4.69) is 19.2 Å². The highest BCUT2D eigenvalue weighted by Gasteiger charge is 2.33. The van der Waals surface area contributed by atoms with Crippen LogP contribution in [0.25, 0.3) is 0 Å². The lowest BCUT2D eigenvalue weighted by atomic mass is 9.73. The van der Waals surface area contributed by atoms with E-state index in [1.54, 1.807) is 6.07 Å². The molecular weight excluding hydrogens is 276 g/mol. The number of benzene rings is 1. The zero-order valence-corrected chi connectivity index (χ0v) is 12.6. The number of nitrogens with two attached hydrogens (primary N) is 1. The van der Waals surface area contributed by atoms with Gasteiger partial charge in [0.15, 0.2) is 0 Å². The van der Waals surface area contributed by atoms with Crippen molar-refractivity contribution in [3.63, 3.8) is 0 Å². The molecule has 0 heterocycles. The number of carbonyl (C=O) groups is 1. The number of anilines is 2. The standard InChI is InChI=1S/C15H21ClN2O2/c1-15(2)6-4-3-5-12(15)18-13-10(14(19)20)7-9(17)8-11(13)16/h7-8,12,18H,3-6,17H2,1-2H3,(H,19,20). The summed E-state index contributed by atoms with van der Waals surface area (Å²) in [7, 11) is 0. The first-order chi connectivity index (χ1) is 9.31. The molecule has 0 radical (unpaired) electrons. The summed E-state index contributed by atoms with van der Waals surface area (Å²) in [5.74, 6) is -1.02. The first-order valence-electron chi connectivity index (χ1n) is 6.90. The Morgan fingerprint density at radius 1 is 1.45 bits per heavy atom. The summed E-state index contributed by atoms with van der Waals surface area (Å²) in [5, 5.41) is 13.0. The summed E-state index contributed by atoms with van der Waals surface area (Å²) in [4.78, 5) is 11.4. The van der Waals surface area contributed by atoms with Gasteiger partial charge in [-0.05, 0) is 30.4 Å². The molecule has 110 valence electrons. The molecule has 2 rings (SSSR count). The molecule has 1 aromatic rings. The van der Waals surface area contributed by atoms with Crippen molar-refractivity contribution in [3.8, 4) is 0 Å². The summed E-state index contributed by atoms with van der Waals surface area (Å²) < 4.78 is 0. The van der Waals surface area contributed by atoms with Gasteiger partial charge in [-0.15, -0.1) is 0 Å². The second-order valence-corrected chi connectivity index (χ2v) is 6.57. The molecule has 1 unspecified atom stereocenters. The van der Waals surface area contributed by atoms with Crippen molar-refractivity contribution >= 4 is 28.9 Å². The molecule has 1 aliphatic carbocycles. The molecule has 5 heteroatoms. The van der Waals surface area contributed by atoms with Gasteiger partial charge in [0, 0.05) is 11.7 Å². The van der Waals surface area contributed by atoms with Crippen LogP contribution in [0.15, 0.2) is 12.1 Å². The third-order valence-corrected chi connectivity index (χ3v) is 4.47. The lowest BCUT2D eigenvalue weighted by Gasteiger charge is -2.40.